The lowest BCUT2D eigenvalue weighted by atomic mass is 10.0. The number of carbonyl (C=O) groups excluding carboxylic acids is 1. The molecule has 1 rings (SSSR count). The van der Waals surface area contributed by atoms with E-state index in [1.54, 1.807) is 0 Å². The molecule has 0 aromatic heterocycles. The fraction of sp³-hybridized carbons (Fsp3) is 0.917. The molecule has 100 valence electrons. The molecule has 1 amide bonds. The van der Waals surface area contributed by atoms with Gasteiger partial charge in [0.25, 0.3) is 0 Å². The van der Waals surface area contributed by atoms with E-state index in [2.05, 4.69) is 24.5 Å². The lowest BCUT2D eigenvalue weighted by Gasteiger charge is -2.16. The summed E-state index contributed by atoms with van der Waals surface area (Å²) < 4.78 is 10.7. The molecule has 2 N–H and O–H groups in total. The summed E-state index contributed by atoms with van der Waals surface area (Å²) in [5.74, 6) is 0.503. The molecule has 1 fully saturated rings. The van der Waals surface area contributed by atoms with Crippen molar-refractivity contribution in [3.05, 3.63) is 0 Å². The summed E-state index contributed by atoms with van der Waals surface area (Å²) in [5.41, 5.74) is 0. The van der Waals surface area contributed by atoms with Gasteiger partial charge in [-0.1, -0.05) is 13.8 Å². The molecule has 2 atom stereocenters. The van der Waals surface area contributed by atoms with Crippen molar-refractivity contribution in [1.29, 1.82) is 0 Å². The fourth-order valence-electron chi connectivity index (χ4n) is 1.79. The second-order valence-corrected chi connectivity index (χ2v) is 4.80. The molecule has 1 heterocycles. The Balaban J connectivity index is 2.12. The van der Waals surface area contributed by atoms with Crippen molar-refractivity contribution in [2.24, 2.45) is 11.8 Å². The molecule has 1 aliphatic rings. The summed E-state index contributed by atoms with van der Waals surface area (Å²) in [7, 11) is 1.85. The minimum Gasteiger partial charge on any atom is -0.379 e. The van der Waals surface area contributed by atoms with Crippen molar-refractivity contribution in [2.75, 3.05) is 40.0 Å². The third-order valence-corrected chi connectivity index (χ3v) is 2.78. The van der Waals surface area contributed by atoms with Gasteiger partial charge in [-0.05, 0) is 13.0 Å². The van der Waals surface area contributed by atoms with Crippen molar-refractivity contribution >= 4 is 5.91 Å². The molecule has 0 aliphatic carbocycles. The van der Waals surface area contributed by atoms with Crippen LogP contribution in [0.2, 0.25) is 0 Å². The lowest BCUT2D eigenvalue weighted by molar-refractivity contribution is -0.125. The van der Waals surface area contributed by atoms with Crippen LogP contribution in [0.25, 0.3) is 0 Å². The number of nitrogens with one attached hydrogen (secondary N) is 2. The summed E-state index contributed by atoms with van der Waals surface area (Å²) >= 11 is 0. The van der Waals surface area contributed by atoms with Crippen LogP contribution in [0.3, 0.4) is 0 Å². The quantitative estimate of drug-likeness (QED) is 0.619. The van der Waals surface area contributed by atoms with Gasteiger partial charge in [0.05, 0.1) is 25.7 Å². The molecule has 0 spiro atoms. The molecule has 2 unspecified atom stereocenters. The van der Waals surface area contributed by atoms with Gasteiger partial charge in [0, 0.05) is 19.2 Å². The average Bonchev–Trinajstić information content (AvgIpc) is 2.75. The fourth-order valence-corrected chi connectivity index (χ4v) is 1.79. The lowest BCUT2D eigenvalue weighted by Crippen LogP contribution is -2.43. The Labute approximate surface area is 103 Å². The Morgan fingerprint density at radius 3 is 2.88 bits per heavy atom. The zero-order valence-corrected chi connectivity index (χ0v) is 11.0. The Morgan fingerprint density at radius 2 is 2.24 bits per heavy atom. The molecule has 0 radical (unpaired) electrons. The van der Waals surface area contributed by atoms with Crippen LogP contribution in [0.1, 0.15) is 13.8 Å². The Hall–Kier alpha value is -0.650. The van der Waals surface area contributed by atoms with Gasteiger partial charge >= 0.3 is 0 Å². The van der Waals surface area contributed by atoms with E-state index in [1.807, 2.05) is 7.05 Å². The molecule has 0 aromatic rings. The van der Waals surface area contributed by atoms with Crippen molar-refractivity contribution in [2.45, 2.75) is 19.9 Å². The first-order chi connectivity index (χ1) is 8.15. The van der Waals surface area contributed by atoms with Crippen LogP contribution in [0.15, 0.2) is 0 Å². The molecule has 0 bridgehead atoms. The van der Waals surface area contributed by atoms with Crippen LogP contribution in [-0.2, 0) is 14.3 Å². The van der Waals surface area contributed by atoms with E-state index in [-0.39, 0.29) is 17.9 Å². The van der Waals surface area contributed by atoms with Gasteiger partial charge in [-0.25, -0.2) is 0 Å². The van der Waals surface area contributed by atoms with Gasteiger partial charge in [-0.15, -0.1) is 0 Å². The van der Waals surface area contributed by atoms with E-state index < -0.39 is 0 Å². The van der Waals surface area contributed by atoms with Gasteiger partial charge in [0.2, 0.25) is 5.91 Å². The number of ether oxygens (including phenoxy) is 2. The van der Waals surface area contributed by atoms with E-state index in [4.69, 9.17) is 9.47 Å². The Kier molecular flexibility index (Phi) is 6.47. The highest BCUT2D eigenvalue weighted by molar-refractivity contribution is 5.79. The molecular weight excluding hydrogens is 220 g/mol. The maximum atomic E-state index is 11.8. The molecule has 1 saturated heterocycles. The maximum absolute atomic E-state index is 11.8. The zero-order chi connectivity index (χ0) is 12.7. The van der Waals surface area contributed by atoms with Crippen LogP contribution in [0, 0.1) is 11.8 Å². The largest absolute Gasteiger partial charge is 0.379 e. The van der Waals surface area contributed by atoms with Crippen LogP contribution < -0.4 is 10.6 Å². The van der Waals surface area contributed by atoms with Crippen LogP contribution in [0.5, 0.6) is 0 Å². The molecule has 1 aliphatic heterocycles. The number of carbonyl (C=O) groups is 1. The van der Waals surface area contributed by atoms with Gasteiger partial charge in [-0.3, -0.25) is 4.79 Å². The van der Waals surface area contributed by atoms with Crippen LogP contribution in [0.4, 0.5) is 0 Å². The Morgan fingerprint density at radius 1 is 1.47 bits per heavy atom. The highest BCUT2D eigenvalue weighted by Crippen LogP contribution is 2.13. The normalized spacial score (nSPS) is 24.2. The predicted molar refractivity (Wildman–Crippen MR) is 65.8 cm³/mol. The summed E-state index contributed by atoms with van der Waals surface area (Å²) in [6, 6.07) is 0.131. The van der Waals surface area contributed by atoms with E-state index in [0.717, 1.165) is 6.61 Å². The molecular formula is C12H24N2O3. The second kappa shape index (κ2) is 7.63. The molecule has 5 nitrogen and oxygen atoms in total. The first-order valence-electron chi connectivity index (χ1n) is 6.25. The third-order valence-electron chi connectivity index (χ3n) is 2.78. The Bertz CT molecular complexity index is 234. The number of likely N-dealkylation sites (N-methyl/N-ethyl adjacent to an activating group) is 1. The highest BCUT2D eigenvalue weighted by atomic mass is 16.5. The first-order valence-corrected chi connectivity index (χ1v) is 6.25. The SMILES string of the molecule is CNC1COCC1C(=O)NCCOCC(C)C. The first kappa shape index (κ1) is 14.4. The van der Waals surface area contributed by atoms with Gasteiger partial charge in [0.15, 0.2) is 0 Å². The molecule has 17 heavy (non-hydrogen) atoms. The highest BCUT2D eigenvalue weighted by Gasteiger charge is 2.32. The summed E-state index contributed by atoms with van der Waals surface area (Å²) in [6.45, 7) is 7.20. The van der Waals surface area contributed by atoms with Gasteiger partial charge < -0.3 is 20.1 Å². The summed E-state index contributed by atoms with van der Waals surface area (Å²) in [4.78, 5) is 11.8. The number of hydrogen-bond donors (Lipinski definition) is 2. The molecule has 0 aromatic carbocycles. The maximum Gasteiger partial charge on any atom is 0.227 e. The second-order valence-electron chi connectivity index (χ2n) is 4.80. The standard InChI is InChI=1S/C12H24N2O3/c1-9(2)6-16-5-4-14-12(15)10-7-17-8-11(10)13-3/h9-11,13H,4-8H2,1-3H3,(H,14,15). The number of rotatable bonds is 7. The minimum atomic E-state index is -0.0786. The van der Waals surface area contributed by atoms with Crippen molar-refractivity contribution in [1.82, 2.24) is 10.6 Å². The average molecular weight is 244 g/mol. The summed E-state index contributed by atoms with van der Waals surface area (Å²) in [5, 5.41) is 5.97. The molecule has 5 heteroatoms. The van der Waals surface area contributed by atoms with Crippen molar-refractivity contribution in [3.63, 3.8) is 0 Å². The summed E-state index contributed by atoms with van der Waals surface area (Å²) in [6.07, 6.45) is 0. The number of hydrogen-bond acceptors (Lipinski definition) is 4. The topological polar surface area (TPSA) is 59.6 Å². The van der Waals surface area contributed by atoms with Crippen molar-refractivity contribution in [3.8, 4) is 0 Å². The van der Waals surface area contributed by atoms with Crippen LogP contribution in [-0.4, -0.2) is 52.0 Å². The van der Waals surface area contributed by atoms with Crippen LogP contribution >= 0.6 is 0 Å². The van der Waals surface area contributed by atoms with Crippen molar-refractivity contribution < 1.29 is 14.3 Å². The van der Waals surface area contributed by atoms with E-state index in [9.17, 15) is 4.79 Å². The predicted octanol–water partition coefficient (Wildman–Crippen LogP) is 0.00960. The smallest absolute Gasteiger partial charge is 0.227 e. The minimum absolute atomic E-state index is 0.0509. The van der Waals surface area contributed by atoms with E-state index in [1.165, 1.54) is 0 Å². The molecule has 0 saturated carbocycles. The zero-order valence-electron chi connectivity index (χ0n) is 11.0. The third kappa shape index (κ3) is 5.02. The van der Waals surface area contributed by atoms with Gasteiger partial charge in [0.1, 0.15) is 0 Å². The van der Waals surface area contributed by atoms with Gasteiger partial charge in [-0.2, -0.15) is 0 Å². The van der Waals surface area contributed by atoms with E-state index >= 15 is 0 Å². The number of amides is 1. The monoisotopic (exact) mass is 244 g/mol. The van der Waals surface area contributed by atoms with E-state index in [0.29, 0.717) is 32.3 Å².